The molecule has 22 heavy (non-hydrogen) atoms. The van der Waals surface area contributed by atoms with E-state index >= 15 is 0 Å². The molecule has 0 bridgehead atoms. The lowest BCUT2D eigenvalue weighted by molar-refractivity contribution is 0.409. The minimum Gasteiger partial charge on any atom is -0.0620 e. The maximum atomic E-state index is 2.31. The van der Waals surface area contributed by atoms with Crippen molar-refractivity contribution in [2.45, 2.75) is 54.4 Å². The van der Waals surface area contributed by atoms with E-state index in [9.17, 15) is 0 Å². The van der Waals surface area contributed by atoms with E-state index in [1.165, 1.54) is 22.3 Å². The summed E-state index contributed by atoms with van der Waals surface area (Å²) >= 11 is 0. The number of hydrogen-bond donors (Lipinski definition) is 0. The van der Waals surface area contributed by atoms with Crippen molar-refractivity contribution >= 4 is 0 Å². The molecule has 0 aliphatic rings. The molecule has 118 valence electrons. The molecule has 0 radical (unpaired) electrons. The minimum atomic E-state index is 0.301. The average Bonchev–Trinajstić information content (AvgIpc) is 2.36. The summed E-state index contributed by atoms with van der Waals surface area (Å²) in [5.74, 6) is 0. The van der Waals surface area contributed by atoms with E-state index in [2.05, 4.69) is 90.1 Å². The first-order chi connectivity index (χ1) is 10.2. The van der Waals surface area contributed by atoms with Gasteiger partial charge in [0.05, 0.1) is 0 Å². The summed E-state index contributed by atoms with van der Waals surface area (Å²) < 4.78 is 0. The molecule has 0 aliphatic carbocycles. The van der Waals surface area contributed by atoms with Crippen LogP contribution in [0.3, 0.4) is 0 Å². The Hall–Kier alpha value is -1.56. The van der Waals surface area contributed by atoms with Crippen molar-refractivity contribution in [3.63, 3.8) is 0 Å². The van der Waals surface area contributed by atoms with Crippen molar-refractivity contribution < 1.29 is 0 Å². The molecule has 0 aliphatic heterocycles. The third-order valence-corrected chi connectivity index (χ3v) is 3.77. The van der Waals surface area contributed by atoms with Crippen molar-refractivity contribution in [2.24, 2.45) is 10.8 Å². The topological polar surface area (TPSA) is 0 Å². The van der Waals surface area contributed by atoms with Crippen LogP contribution in [0.2, 0.25) is 0 Å². The van der Waals surface area contributed by atoms with Gasteiger partial charge in [-0.15, -0.1) is 0 Å². The largest absolute Gasteiger partial charge is 0.0620 e. The summed E-state index contributed by atoms with van der Waals surface area (Å²) in [6, 6.07) is 17.8. The van der Waals surface area contributed by atoms with Crippen LogP contribution in [0.15, 0.2) is 48.5 Å². The van der Waals surface area contributed by atoms with Crippen LogP contribution in [0.4, 0.5) is 0 Å². The molecule has 0 amide bonds. The lowest BCUT2D eigenvalue weighted by Crippen LogP contribution is -2.12. The Morgan fingerprint density at radius 1 is 0.545 bits per heavy atom. The fraction of sp³-hybridized carbons (Fsp3) is 0.455. The molecule has 2 rings (SSSR count). The van der Waals surface area contributed by atoms with Crippen molar-refractivity contribution in [2.75, 3.05) is 0 Å². The minimum absolute atomic E-state index is 0.301. The van der Waals surface area contributed by atoms with Gasteiger partial charge < -0.3 is 0 Å². The Labute approximate surface area is 136 Å². The molecule has 0 heteroatoms. The van der Waals surface area contributed by atoms with Gasteiger partial charge in [-0.25, -0.2) is 0 Å². The van der Waals surface area contributed by atoms with Crippen LogP contribution >= 0.6 is 0 Å². The van der Waals surface area contributed by atoms with Crippen molar-refractivity contribution in [1.82, 2.24) is 0 Å². The molecule has 0 unspecified atom stereocenters. The first-order valence-corrected chi connectivity index (χ1v) is 8.32. The van der Waals surface area contributed by atoms with E-state index in [1.54, 1.807) is 0 Å². The Kier molecular flexibility index (Phi) is 4.80. The first kappa shape index (κ1) is 16.8. The predicted octanol–water partition coefficient (Wildman–Crippen LogP) is 6.53. The SMILES string of the molecule is CC(C)(C)Cc1ccccc1-c1ccccc1CC(C)(C)C. The monoisotopic (exact) mass is 294 g/mol. The van der Waals surface area contributed by atoms with Gasteiger partial charge in [-0.1, -0.05) is 90.1 Å². The van der Waals surface area contributed by atoms with Gasteiger partial charge in [0.2, 0.25) is 0 Å². The third kappa shape index (κ3) is 4.73. The Morgan fingerprint density at radius 2 is 0.864 bits per heavy atom. The fourth-order valence-corrected chi connectivity index (χ4v) is 3.02. The average molecular weight is 294 g/mol. The maximum Gasteiger partial charge on any atom is -0.0149 e. The lowest BCUT2D eigenvalue weighted by Gasteiger charge is -2.24. The first-order valence-electron chi connectivity index (χ1n) is 8.32. The molecule has 0 N–H and O–H groups in total. The quantitative estimate of drug-likeness (QED) is 0.603. The second kappa shape index (κ2) is 6.28. The molecule has 0 atom stereocenters. The summed E-state index contributed by atoms with van der Waals surface area (Å²) in [6.07, 6.45) is 2.21. The highest BCUT2D eigenvalue weighted by molar-refractivity contribution is 5.71. The van der Waals surface area contributed by atoms with Gasteiger partial charge in [-0.3, -0.25) is 0 Å². The lowest BCUT2D eigenvalue weighted by atomic mass is 9.81. The standard InChI is InChI=1S/C22H30/c1-21(2,3)15-17-11-7-9-13-19(17)20-14-10-8-12-18(20)16-22(4,5)6/h7-14H,15-16H2,1-6H3. The number of benzene rings is 2. The Morgan fingerprint density at radius 3 is 1.18 bits per heavy atom. The second-order valence-electron chi connectivity index (χ2n) is 8.79. The summed E-state index contributed by atoms with van der Waals surface area (Å²) in [7, 11) is 0. The van der Waals surface area contributed by atoms with Crippen LogP contribution in [0.5, 0.6) is 0 Å². The summed E-state index contributed by atoms with van der Waals surface area (Å²) in [4.78, 5) is 0. The molecule has 0 saturated carbocycles. The molecular weight excluding hydrogens is 264 g/mol. The van der Waals surface area contributed by atoms with E-state index < -0.39 is 0 Å². The van der Waals surface area contributed by atoms with E-state index in [0.29, 0.717) is 10.8 Å². The maximum absolute atomic E-state index is 2.31. The van der Waals surface area contributed by atoms with E-state index in [-0.39, 0.29) is 0 Å². The van der Waals surface area contributed by atoms with E-state index in [1.807, 2.05) is 0 Å². The summed E-state index contributed by atoms with van der Waals surface area (Å²) in [6.45, 7) is 13.9. The fourth-order valence-electron chi connectivity index (χ4n) is 3.02. The zero-order valence-electron chi connectivity index (χ0n) is 15.0. The van der Waals surface area contributed by atoms with Gasteiger partial charge >= 0.3 is 0 Å². The summed E-state index contributed by atoms with van der Waals surface area (Å²) in [5, 5.41) is 0. The van der Waals surface area contributed by atoms with Gasteiger partial charge in [0.1, 0.15) is 0 Å². The Bertz CT molecular complexity index is 563. The number of rotatable bonds is 3. The van der Waals surface area contributed by atoms with Crippen LogP contribution in [0.1, 0.15) is 52.7 Å². The van der Waals surface area contributed by atoms with Gasteiger partial charge in [-0.2, -0.15) is 0 Å². The molecule has 0 aromatic heterocycles. The molecule has 2 aromatic rings. The number of hydrogen-bond acceptors (Lipinski definition) is 0. The van der Waals surface area contributed by atoms with Crippen molar-refractivity contribution in [1.29, 1.82) is 0 Å². The highest BCUT2D eigenvalue weighted by Crippen LogP contribution is 2.34. The second-order valence-corrected chi connectivity index (χ2v) is 8.79. The van der Waals surface area contributed by atoms with Gasteiger partial charge in [0.25, 0.3) is 0 Å². The molecule has 0 heterocycles. The molecule has 2 aromatic carbocycles. The van der Waals surface area contributed by atoms with Gasteiger partial charge in [0.15, 0.2) is 0 Å². The van der Waals surface area contributed by atoms with Gasteiger partial charge in [0, 0.05) is 0 Å². The Balaban J connectivity index is 2.49. The van der Waals surface area contributed by atoms with Crippen molar-refractivity contribution in [3.8, 4) is 11.1 Å². The molecule has 0 saturated heterocycles. The normalized spacial score (nSPS) is 12.5. The molecular formula is C22H30. The van der Waals surface area contributed by atoms with Crippen LogP contribution in [-0.4, -0.2) is 0 Å². The van der Waals surface area contributed by atoms with Crippen LogP contribution in [-0.2, 0) is 12.8 Å². The molecule has 0 spiro atoms. The van der Waals surface area contributed by atoms with Crippen LogP contribution < -0.4 is 0 Å². The smallest absolute Gasteiger partial charge is 0.0149 e. The summed E-state index contributed by atoms with van der Waals surface area (Å²) in [5.41, 5.74) is 6.31. The molecule has 0 nitrogen and oxygen atoms in total. The zero-order chi connectivity index (χ0) is 16.4. The zero-order valence-corrected chi connectivity index (χ0v) is 15.0. The molecule has 0 fully saturated rings. The van der Waals surface area contributed by atoms with E-state index in [0.717, 1.165) is 12.8 Å². The van der Waals surface area contributed by atoms with Gasteiger partial charge in [-0.05, 0) is 45.9 Å². The third-order valence-electron chi connectivity index (χ3n) is 3.77. The van der Waals surface area contributed by atoms with E-state index in [4.69, 9.17) is 0 Å². The predicted molar refractivity (Wildman–Crippen MR) is 98.2 cm³/mol. The van der Waals surface area contributed by atoms with Crippen LogP contribution in [0.25, 0.3) is 11.1 Å². The van der Waals surface area contributed by atoms with Crippen LogP contribution in [0, 0.1) is 10.8 Å². The highest BCUT2D eigenvalue weighted by atomic mass is 14.2. The highest BCUT2D eigenvalue weighted by Gasteiger charge is 2.18. The van der Waals surface area contributed by atoms with Crippen molar-refractivity contribution in [3.05, 3.63) is 59.7 Å².